The molecule has 0 aliphatic heterocycles. The number of amides is 1. The van der Waals surface area contributed by atoms with Gasteiger partial charge in [-0.1, -0.05) is 170 Å². The van der Waals surface area contributed by atoms with Crippen LogP contribution in [0.15, 0.2) is 48.5 Å². The van der Waals surface area contributed by atoms with E-state index in [0.717, 1.165) is 50.2 Å². The van der Waals surface area contributed by atoms with Crippen molar-refractivity contribution < 1.29 is 12.3 Å². The van der Waals surface area contributed by atoms with Gasteiger partial charge in [-0.3, -0.25) is 0 Å². The molecule has 0 fully saturated rings. The van der Waals surface area contributed by atoms with Gasteiger partial charge in [-0.15, -0.1) is 0 Å². The molecule has 4 heteroatoms. The van der Waals surface area contributed by atoms with Gasteiger partial charge in [-0.25, -0.2) is 4.79 Å². The van der Waals surface area contributed by atoms with Crippen molar-refractivity contribution >= 4 is 11.8 Å². The minimum Gasteiger partial charge on any atom is -0.449 e. The summed E-state index contributed by atoms with van der Waals surface area (Å²) >= 11 is 0. The van der Waals surface area contributed by atoms with Crippen LogP contribution in [0.2, 0.25) is 0 Å². The lowest BCUT2D eigenvalue weighted by Crippen LogP contribution is -2.38. The van der Waals surface area contributed by atoms with Gasteiger partial charge in [0, 0.05) is 20.4 Å². The highest BCUT2D eigenvalue weighted by molar-refractivity contribution is 5.81. The second-order valence-electron chi connectivity index (χ2n) is 18.0. The van der Waals surface area contributed by atoms with E-state index in [1.807, 2.05) is 0 Å². The molecule has 9 atom stereocenters. The molecule has 0 spiro atoms. The summed E-state index contributed by atoms with van der Waals surface area (Å²) in [5, 5.41) is 11.4. The Morgan fingerprint density at radius 2 is 1.11 bits per heavy atom. The number of ether oxygens (including phenoxy) is 1. The number of rotatable bonds is 23. The van der Waals surface area contributed by atoms with Crippen molar-refractivity contribution in [2.75, 3.05) is 6.61 Å². The number of hydrogen-bond acceptors (Lipinski definition) is 3. The zero-order valence-electron chi connectivity index (χ0n) is 38.1. The van der Waals surface area contributed by atoms with E-state index in [9.17, 15) is 4.79 Å². The number of hydrogen-bond donors (Lipinski definition) is 2. The molecule has 0 saturated heterocycles. The Morgan fingerprint density at radius 1 is 0.660 bits per heavy atom. The smallest absolute Gasteiger partial charge is 0.407 e. The minimum absolute atomic E-state index is 0.0281. The van der Waals surface area contributed by atoms with Crippen LogP contribution in [0.4, 0.5) is 4.79 Å². The fourth-order valence-corrected chi connectivity index (χ4v) is 7.99. The zero-order valence-corrected chi connectivity index (χ0v) is 36.1. The molecule has 0 heterocycles. The lowest BCUT2D eigenvalue weighted by molar-refractivity contribution is 0.135. The quantitative estimate of drug-likeness (QED) is 0.112. The van der Waals surface area contributed by atoms with E-state index in [2.05, 4.69) is 137 Å². The first-order valence-electron chi connectivity index (χ1n) is 22.6. The topological polar surface area (TPSA) is 62.2 Å². The summed E-state index contributed by atoms with van der Waals surface area (Å²) < 4.78 is 22.2. The monoisotopic (exact) mass is 735 g/mol. The van der Waals surface area contributed by atoms with Crippen molar-refractivity contribution in [2.24, 2.45) is 47.3 Å². The number of fused-ring (bicyclic) bond motifs is 3. The number of benzene rings is 2. The van der Waals surface area contributed by atoms with Crippen LogP contribution in [0.25, 0.3) is 11.1 Å². The maximum atomic E-state index is 13.0. The number of alkyl carbamates (subject to hydrolysis) is 1. The highest BCUT2D eigenvalue weighted by Gasteiger charge is 2.29. The van der Waals surface area contributed by atoms with Gasteiger partial charge in [-0.05, 0) is 108 Å². The van der Waals surface area contributed by atoms with Crippen LogP contribution in [0.3, 0.4) is 0 Å². The summed E-state index contributed by atoms with van der Waals surface area (Å²) in [5.74, 6) is 4.34. The fourth-order valence-electron chi connectivity index (χ4n) is 7.99. The highest BCUT2D eigenvalue weighted by Crippen LogP contribution is 2.44. The van der Waals surface area contributed by atoms with Crippen molar-refractivity contribution in [1.82, 2.24) is 5.32 Å². The summed E-state index contributed by atoms with van der Waals surface area (Å²) in [6.07, 6.45) is 9.92. The first-order valence-corrected chi connectivity index (χ1v) is 21.5. The normalized spacial score (nSPS) is 18.2. The molecule has 0 saturated carbocycles. The maximum absolute atomic E-state index is 13.0. The molecule has 1 amide bonds. The SMILES string of the molecule is [3H]C(CC(C)CC(=N)CC(C)CC(C)CC)C(C)C.[3H]C(CC(C)CC(CC(C)CC(C)CC)NC(=O)OCC1c2ccccc2-c2ccccc21)C(C)C. The highest BCUT2D eigenvalue weighted by atomic mass is 16.5. The number of nitrogens with one attached hydrogen (secondary N) is 2. The van der Waals surface area contributed by atoms with Crippen LogP contribution in [-0.4, -0.2) is 24.5 Å². The van der Waals surface area contributed by atoms with E-state index in [-0.39, 0.29) is 30.8 Å². The molecule has 0 radical (unpaired) electrons. The molecule has 2 N–H and O–H groups in total. The predicted octanol–water partition coefficient (Wildman–Crippen LogP) is 14.7. The van der Waals surface area contributed by atoms with Gasteiger partial charge >= 0.3 is 6.09 Å². The Bertz CT molecular complexity index is 1350. The van der Waals surface area contributed by atoms with Gasteiger partial charge in [0.25, 0.3) is 0 Å². The summed E-state index contributed by atoms with van der Waals surface area (Å²) in [6.45, 7) is 26.9. The van der Waals surface area contributed by atoms with Crippen molar-refractivity contribution in [1.29, 1.82) is 5.41 Å². The van der Waals surface area contributed by atoms with E-state index in [1.54, 1.807) is 0 Å². The Morgan fingerprint density at radius 3 is 1.62 bits per heavy atom. The minimum atomic E-state index is -0.323. The Hall–Kier alpha value is -2.62. The molecule has 9 unspecified atom stereocenters. The zero-order chi connectivity index (χ0) is 41.2. The van der Waals surface area contributed by atoms with Gasteiger partial charge in [0.2, 0.25) is 0 Å². The molecule has 0 bridgehead atoms. The van der Waals surface area contributed by atoms with Crippen LogP contribution in [0.5, 0.6) is 0 Å². The third-order valence-electron chi connectivity index (χ3n) is 11.3. The lowest BCUT2D eigenvalue weighted by atomic mass is 9.86. The van der Waals surface area contributed by atoms with Crippen molar-refractivity contribution in [3.63, 3.8) is 0 Å². The third kappa shape index (κ3) is 18.0. The lowest BCUT2D eigenvalue weighted by Gasteiger charge is -2.26. The molecule has 3 rings (SSSR count). The first-order chi connectivity index (χ1) is 25.9. The average molecular weight is 735 g/mol. The standard InChI is InChI=1S/C32H47NO2.C17H35N/c1-7-23(4)18-25(6)20-26(19-24(5)17-16-22(2)3)33-32(34)35-21-31-29-14-10-8-12-27(29)28-13-9-11-15-30(28)31;1-7-14(4)10-16(6)12-17(18)11-15(5)9-8-13(2)3/h8-15,22-26,31H,7,16-21H2,1-6H3,(H,33,34);13-16,18H,7-12H2,1-6H3/i16T;8T. The van der Waals surface area contributed by atoms with E-state index in [0.29, 0.717) is 48.0 Å². The van der Waals surface area contributed by atoms with Crippen molar-refractivity contribution in [3.05, 3.63) is 59.7 Å². The van der Waals surface area contributed by atoms with E-state index in [4.69, 9.17) is 12.9 Å². The van der Waals surface area contributed by atoms with Gasteiger partial charge in [0.05, 0.1) is 0 Å². The van der Waals surface area contributed by atoms with Crippen molar-refractivity contribution in [3.8, 4) is 11.1 Å². The molecule has 1 aliphatic carbocycles. The van der Waals surface area contributed by atoms with E-state index < -0.39 is 0 Å². The van der Waals surface area contributed by atoms with Crippen molar-refractivity contribution in [2.45, 2.75) is 172 Å². The van der Waals surface area contributed by atoms with Crippen LogP contribution in [-0.2, 0) is 4.74 Å². The third-order valence-corrected chi connectivity index (χ3v) is 11.3. The van der Waals surface area contributed by atoms with Crippen LogP contribution < -0.4 is 5.32 Å². The van der Waals surface area contributed by atoms with E-state index in [1.165, 1.54) is 47.9 Å². The fraction of sp³-hybridized carbons (Fsp3) is 0.714. The molecule has 300 valence electrons. The largest absolute Gasteiger partial charge is 0.449 e. The molecular weight excluding hydrogens is 649 g/mol. The van der Waals surface area contributed by atoms with Gasteiger partial charge in [-0.2, -0.15) is 0 Å². The van der Waals surface area contributed by atoms with Crippen LogP contribution in [0, 0.1) is 52.8 Å². The Balaban J connectivity index is 0.000000467. The molecule has 1 aliphatic rings. The van der Waals surface area contributed by atoms with Gasteiger partial charge < -0.3 is 15.5 Å². The van der Waals surface area contributed by atoms with Crippen LogP contribution >= 0.6 is 0 Å². The number of carbonyl (C=O) groups is 1. The van der Waals surface area contributed by atoms with Gasteiger partial charge in [0.15, 0.2) is 0 Å². The molecular formula is C49H82N2O2. The predicted molar refractivity (Wildman–Crippen MR) is 231 cm³/mol. The molecule has 4 nitrogen and oxygen atoms in total. The second kappa shape index (κ2) is 24.7. The summed E-state index contributed by atoms with van der Waals surface area (Å²) in [5.41, 5.74) is 5.83. The second-order valence-corrected chi connectivity index (χ2v) is 18.0. The summed E-state index contributed by atoms with van der Waals surface area (Å²) in [7, 11) is 0. The Labute approximate surface area is 330 Å². The average Bonchev–Trinajstić information content (AvgIpc) is 3.43. The molecule has 2 aromatic carbocycles. The molecule has 53 heavy (non-hydrogen) atoms. The van der Waals surface area contributed by atoms with Gasteiger partial charge in [0.1, 0.15) is 6.61 Å². The number of carbonyl (C=O) groups excluding carboxylic acids is 1. The molecule has 0 aromatic heterocycles. The summed E-state index contributed by atoms with van der Waals surface area (Å²) in [4.78, 5) is 13.0. The summed E-state index contributed by atoms with van der Waals surface area (Å²) in [6, 6.07) is 16.9. The van der Waals surface area contributed by atoms with Crippen LogP contribution in [0.1, 0.15) is 180 Å². The maximum Gasteiger partial charge on any atom is 0.407 e. The Kier molecular flexibility index (Phi) is 20.1. The first kappa shape index (κ1) is 43.1. The van der Waals surface area contributed by atoms with E-state index >= 15 is 0 Å². The molecule has 2 aromatic rings.